The van der Waals surface area contributed by atoms with Crippen LogP contribution in [0.3, 0.4) is 0 Å². The molecule has 0 rings (SSSR count). The number of rotatable bonds is 6. The van der Waals surface area contributed by atoms with Crippen molar-refractivity contribution in [1.29, 1.82) is 0 Å². The predicted molar refractivity (Wildman–Crippen MR) is 138 cm³/mol. The molecule has 0 saturated carbocycles. The van der Waals surface area contributed by atoms with Gasteiger partial charge in [-0.05, 0) is 0 Å². The third-order valence-corrected chi connectivity index (χ3v) is 15.1. The molecule has 0 aliphatic rings. The summed E-state index contributed by atoms with van der Waals surface area (Å²) in [6.07, 6.45) is 0. The van der Waals surface area contributed by atoms with Crippen molar-refractivity contribution in [2.24, 2.45) is 0 Å². The summed E-state index contributed by atoms with van der Waals surface area (Å²) in [6, 6.07) is 0. The summed E-state index contributed by atoms with van der Waals surface area (Å²) in [4.78, 5) is 0. The Kier molecular flexibility index (Phi) is 11.9. The van der Waals surface area contributed by atoms with Crippen molar-refractivity contribution < 1.29 is 5.11 Å². The van der Waals surface area contributed by atoms with Crippen LogP contribution in [0.4, 0.5) is 0 Å². The van der Waals surface area contributed by atoms with E-state index in [0.717, 1.165) is 0 Å². The highest BCUT2D eigenvalue weighted by molar-refractivity contribution is 6.83. The first-order chi connectivity index (χ1) is 12.0. The summed E-state index contributed by atoms with van der Waals surface area (Å²) in [5.41, 5.74) is 0. The molecule has 0 aliphatic heterocycles. The van der Waals surface area contributed by atoms with Crippen LogP contribution in [0, 0.1) is 0 Å². The van der Waals surface area contributed by atoms with E-state index in [4.69, 9.17) is 220 Å². The van der Waals surface area contributed by atoms with Crippen LogP contribution in [-0.4, -0.2) is 43.8 Å². The quantitative estimate of drug-likeness (QED) is 0.266. The lowest BCUT2D eigenvalue weighted by Gasteiger charge is -2.54. The van der Waals surface area contributed by atoms with Crippen molar-refractivity contribution in [2.45, 2.75) is 38.6 Å². The van der Waals surface area contributed by atoms with Gasteiger partial charge in [0, 0.05) is 0 Å². The second-order valence-electron chi connectivity index (χ2n) is 5.06. The Labute approximate surface area is 260 Å². The van der Waals surface area contributed by atoms with E-state index in [0.29, 0.717) is 0 Å². The Morgan fingerprint density at radius 2 is 0.483 bits per heavy atom. The molecule has 1 atom stereocenters. The summed E-state index contributed by atoms with van der Waals surface area (Å²) in [6.45, 7) is 0. The number of alkyl halides is 19. The van der Waals surface area contributed by atoms with Crippen LogP contribution in [0.1, 0.15) is 0 Å². The van der Waals surface area contributed by atoms with Crippen LogP contribution in [0.5, 0.6) is 0 Å². The first-order valence-electron chi connectivity index (χ1n) is 5.81. The summed E-state index contributed by atoms with van der Waals surface area (Å²) >= 11 is 112. The van der Waals surface area contributed by atoms with E-state index in [1.54, 1.807) is 0 Å². The minimum atomic E-state index is -3.30. The van der Waals surface area contributed by atoms with Crippen molar-refractivity contribution in [3.63, 3.8) is 0 Å². The summed E-state index contributed by atoms with van der Waals surface area (Å²) < 4.78 is -24.1. The van der Waals surface area contributed by atoms with Gasteiger partial charge in [0.1, 0.15) is 0 Å². The maximum Gasteiger partial charge on any atom is 0.235 e. The van der Waals surface area contributed by atoms with E-state index < -0.39 is 38.6 Å². The molecule has 20 heteroatoms. The smallest absolute Gasteiger partial charge is 0.235 e. The van der Waals surface area contributed by atoms with E-state index in [-0.39, 0.29) is 0 Å². The fraction of sp³-hybridized carbons (Fsp3) is 1.00. The van der Waals surface area contributed by atoms with Gasteiger partial charge in [-0.25, -0.2) is 0 Å². The molecule has 0 aromatic carbocycles. The van der Waals surface area contributed by atoms with E-state index in [9.17, 15) is 5.11 Å². The molecule has 0 radical (unpaired) electrons. The second kappa shape index (κ2) is 9.98. The van der Waals surface area contributed by atoms with Crippen molar-refractivity contribution in [3.8, 4) is 0 Å². The molecule has 0 spiro atoms. The van der Waals surface area contributed by atoms with Crippen LogP contribution in [0.2, 0.25) is 0 Å². The lowest BCUT2D eigenvalue weighted by Crippen LogP contribution is -2.72. The number of hydrogen-bond donors (Lipinski definition) is 1. The lowest BCUT2D eigenvalue weighted by molar-refractivity contribution is 0.104. The number of aliphatic hydroxyl groups is 1. The van der Waals surface area contributed by atoms with Gasteiger partial charge in [-0.2, -0.15) is 0 Å². The minimum Gasteiger partial charge on any atom is -0.369 e. The zero-order valence-electron chi connectivity index (χ0n) is 12.1. The number of hydrogen-bond acceptors (Lipinski definition) is 1. The summed E-state index contributed by atoms with van der Waals surface area (Å²) in [5.74, 6) is 0. The molecule has 1 N–H and O–H groups in total. The van der Waals surface area contributed by atoms with Gasteiger partial charge in [-0.15, -0.1) is 0 Å². The molecule has 29 heavy (non-hydrogen) atoms. The van der Waals surface area contributed by atoms with Crippen LogP contribution in [-0.2, 0) is 0 Å². The molecule has 0 heterocycles. The molecule has 176 valence electrons. The second-order valence-corrected chi connectivity index (χ2v) is 18.1. The van der Waals surface area contributed by atoms with Gasteiger partial charge in [0.25, 0.3) is 0 Å². The summed E-state index contributed by atoms with van der Waals surface area (Å²) in [7, 11) is 0. The molecule has 0 fully saturated rings. The molecule has 0 bridgehead atoms. The highest BCUT2D eigenvalue weighted by atomic mass is 35.6. The van der Waals surface area contributed by atoms with Gasteiger partial charge in [0.05, 0.1) is 0 Å². The lowest BCUT2D eigenvalue weighted by atomic mass is 10.0. The van der Waals surface area contributed by atoms with E-state index in [1.807, 2.05) is 0 Å². The Morgan fingerprint density at radius 1 is 0.276 bits per heavy atom. The maximum absolute atomic E-state index is 10.4. The first-order valence-corrected chi connectivity index (χ1v) is 13.0. The molecule has 0 aromatic heterocycles. The normalized spacial score (nSPS) is 18.6. The molecule has 0 saturated heterocycles. The van der Waals surface area contributed by atoms with Gasteiger partial charge < -0.3 is 5.11 Å². The average molecular weight is 799 g/mol. The van der Waals surface area contributed by atoms with Crippen LogP contribution in [0.25, 0.3) is 0 Å². The SMILES string of the molecule is OC(Cl)(C(Cl)(Cl)Cl)C(Cl)(Cl)C(Cl)(Cl)C(Cl)(Cl)C(Cl)(Cl)C(Cl)(Cl)C(Cl)(Cl)C(Cl)(Cl)Cl. The first kappa shape index (κ1) is 34.5. The third-order valence-electron chi connectivity index (χ3n) is 3.12. The average Bonchev–Trinajstić information content (AvgIpc) is 2.43. The molecule has 1 unspecified atom stereocenters. The van der Waals surface area contributed by atoms with Crippen molar-refractivity contribution >= 4 is 220 Å². The standard InChI is InChI=1S/C9HCl19O/c10-1(11,2(12,13)4(16,17)6(20,21)8(23,24)25)3(14,15)5(18,19)7(22,29)9(26,27)28/h29H. The summed E-state index contributed by atoms with van der Waals surface area (Å²) in [5, 5.41) is 7.09. The highest BCUT2D eigenvalue weighted by Gasteiger charge is 2.82. The number of halogens is 19. The van der Waals surface area contributed by atoms with Crippen LogP contribution < -0.4 is 0 Å². The van der Waals surface area contributed by atoms with Gasteiger partial charge in [0.15, 0.2) is 17.3 Å². The van der Waals surface area contributed by atoms with Gasteiger partial charge in [-0.1, -0.05) is 220 Å². The van der Waals surface area contributed by atoms with E-state index >= 15 is 0 Å². The van der Waals surface area contributed by atoms with E-state index in [1.165, 1.54) is 0 Å². The molecular formula is C9HCl19O. The Morgan fingerprint density at radius 3 is 0.690 bits per heavy atom. The van der Waals surface area contributed by atoms with Gasteiger partial charge in [-0.3, -0.25) is 0 Å². The van der Waals surface area contributed by atoms with Crippen LogP contribution in [0.15, 0.2) is 0 Å². The van der Waals surface area contributed by atoms with E-state index in [2.05, 4.69) is 0 Å². The van der Waals surface area contributed by atoms with Crippen molar-refractivity contribution in [1.82, 2.24) is 0 Å². The topological polar surface area (TPSA) is 20.2 Å². The monoisotopic (exact) mass is 789 g/mol. The Balaban J connectivity index is 6.82. The Bertz CT molecular complexity index is 554. The van der Waals surface area contributed by atoms with Crippen molar-refractivity contribution in [2.75, 3.05) is 0 Å². The maximum atomic E-state index is 10.4. The largest absolute Gasteiger partial charge is 0.369 e. The van der Waals surface area contributed by atoms with Crippen molar-refractivity contribution in [3.05, 3.63) is 0 Å². The predicted octanol–water partition coefficient (Wildman–Crippen LogP) is 10.7. The molecular weight excluding hydrogens is 798 g/mol. The molecule has 0 amide bonds. The fourth-order valence-corrected chi connectivity index (χ4v) is 6.90. The molecule has 1 nitrogen and oxygen atoms in total. The van der Waals surface area contributed by atoms with Gasteiger partial charge >= 0.3 is 0 Å². The fourth-order valence-electron chi connectivity index (χ4n) is 1.35. The zero-order chi connectivity index (χ0) is 24.5. The van der Waals surface area contributed by atoms with Gasteiger partial charge in [0.2, 0.25) is 21.3 Å². The van der Waals surface area contributed by atoms with Crippen LogP contribution >= 0.6 is 220 Å². The molecule has 0 aromatic rings. The highest BCUT2D eigenvalue weighted by Crippen LogP contribution is 2.73. The molecule has 0 aliphatic carbocycles. The zero-order valence-corrected chi connectivity index (χ0v) is 26.5. The Hall–Kier alpha value is 5.47. The minimum absolute atomic E-state index is 2.66. The third kappa shape index (κ3) is 5.52.